The molecule has 0 atom stereocenters. The van der Waals surface area contributed by atoms with Crippen molar-refractivity contribution in [3.05, 3.63) is 89.7 Å². The van der Waals surface area contributed by atoms with E-state index in [0.717, 1.165) is 55.8 Å². The molecule has 3 aromatic rings. The lowest BCUT2D eigenvalue weighted by Gasteiger charge is -2.32. The quantitative estimate of drug-likeness (QED) is 0.462. The molecule has 5 nitrogen and oxygen atoms in total. The van der Waals surface area contributed by atoms with Crippen molar-refractivity contribution in [2.24, 2.45) is 5.92 Å². The molecule has 1 aliphatic heterocycles. The number of carbonyl (C=O) groups is 1. The van der Waals surface area contributed by atoms with Crippen molar-refractivity contribution in [1.82, 2.24) is 9.88 Å². The van der Waals surface area contributed by atoms with E-state index in [4.69, 9.17) is 9.47 Å². The maximum atomic E-state index is 12.6. The normalized spacial score (nSPS) is 14.2. The summed E-state index contributed by atoms with van der Waals surface area (Å²) in [4.78, 5) is 18.8. The summed E-state index contributed by atoms with van der Waals surface area (Å²) in [6.45, 7) is 2.27. The van der Waals surface area contributed by atoms with Crippen LogP contribution in [0.15, 0.2) is 73.1 Å². The van der Waals surface area contributed by atoms with Gasteiger partial charge in [0.15, 0.2) is 0 Å². The van der Waals surface area contributed by atoms with Gasteiger partial charge in [-0.1, -0.05) is 36.4 Å². The van der Waals surface area contributed by atoms with Gasteiger partial charge in [-0.2, -0.15) is 0 Å². The van der Waals surface area contributed by atoms with Crippen molar-refractivity contribution in [3.63, 3.8) is 0 Å². The highest BCUT2D eigenvalue weighted by Gasteiger charge is 2.22. The van der Waals surface area contributed by atoms with Gasteiger partial charge < -0.3 is 14.4 Å². The van der Waals surface area contributed by atoms with Crippen LogP contribution in [0.1, 0.15) is 36.0 Å². The van der Waals surface area contributed by atoms with Crippen molar-refractivity contribution in [2.45, 2.75) is 38.7 Å². The first-order valence-corrected chi connectivity index (χ1v) is 11.7. The fourth-order valence-electron chi connectivity index (χ4n) is 4.29. The monoisotopic (exact) mass is 444 g/mol. The van der Waals surface area contributed by atoms with E-state index >= 15 is 0 Å². The van der Waals surface area contributed by atoms with Crippen molar-refractivity contribution < 1.29 is 14.3 Å². The second-order valence-electron chi connectivity index (χ2n) is 8.67. The number of piperidine rings is 1. The van der Waals surface area contributed by atoms with Crippen molar-refractivity contribution in [1.29, 1.82) is 0 Å². The third-order valence-electron chi connectivity index (χ3n) is 6.34. The van der Waals surface area contributed by atoms with Crippen LogP contribution in [-0.2, 0) is 24.2 Å². The third-order valence-corrected chi connectivity index (χ3v) is 6.34. The van der Waals surface area contributed by atoms with Gasteiger partial charge >= 0.3 is 0 Å². The van der Waals surface area contributed by atoms with Crippen LogP contribution in [0.25, 0.3) is 0 Å². The third kappa shape index (κ3) is 6.82. The van der Waals surface area contributed by atoms with Crippen LogP contribution in [0.3, 0.4) is 0 Å². The zero-order chi connectivity index (χ0) is 22.9. The van der Waals surface area contributed by atoms with E-state index in [1.807, 2.05) is 41.3 Å². The van der Waals surface area contributed by atoms with Crippen molar-refractivity contribution >= 4 is 5.91 Å². The van der Waals surface area contributed by atoms with Crippen LogP contribution in [0.4, 0.5) is 0 Å². The lowest BCUT2D eigenvalue weighted by atomic mass is 9.89. The fourth-order valence-corrected chi connectivity index (χ4v) is 4.29. The summed E-state index contributed by atoms with van der Waals surface area (Å²) < 4.78 is 11.0. The minimum absolute atomic E-state index is 0.266. The lowest BCUT2D eigenvalue weighted by molar-refractivity contribution is -0.132. The fraction of sp³-hybridized carbons (Fsp3) is 0.357. The highest BCUT2D eigenvalue weighted by molar-refractivity contribution is 5.76. The summed E-state index contributed by atoms with van der Waals surface area (Å²) in [7, 11) is 1.66. The first-order valence-electron chi connectivity index (χ1n) is 11.7. The number of rotatable bonds is 9. The Morgan fingerprint density at radius 3 is 2.30 bits per heavy atom. The molecule has 0 N–H and O–H groups in total. The smallest absolute Gasteiger partial charge is 0.222 e. The Labute approximate surface area is 196 Å². The molecule has 5 heteroatoms. The highest BCUT2D eigenvalue weighted by Crippen LogP contribution is 2.23. The molecule has 2 aromatic carbocycles. The molecule has 0 spiro atoms. The Balaban J connectivity index is 1.17. The van der Waals surface area contributed by atoms with E-state index in [1.165, 1.54) is 11.1 Å². The molecule has 0 unspecified atom stereocenters. The topological polar surface area (TPSA) is 51.7 Å². The standard InChI is InChI=1S/C28H32N2O3/c1-32-26-11-8-22(9-12-26)10-13-28(31)30-17-14-24(15-18-30)19-23-4-6-25(7-5-23)21-33-27-3-2-16-29-20-27/h2-9,11-12,16,20,24H,10,13-15,17-19,21H2,1H3. The molecular formula is C28H32N2O3. The highest BCUT2D eigenvalue weighted by atomic mass is 16.5. The summed E-state index contributed by atoms with van der Waals surface area (Å²) >= 11 is 0. The zero-order valence-corrected chi connectivity index (χ0v) is 19.3. The number of likely N-dealkylation sites (tertiary alicyclic amines) is 1. The molecule has 1 amide bonds. The first-order chi connectivity index (χ1) is 16.2. The number of carbonyl (C=O) groups excluding carboxylic acids is 1. The number of methoxy groups -OCH3 is 1. The van der Waals surface area contributed by atoms with Crippen LogP contribution >= 0.6 is 0 Å². The number of ether oxygens (including phenoxy) is 2. The van der Waals surface area contributed by atoms with Crippen LogP contribution in [0, 0.1) is 5.92 Å². The minimum atomic E-state index is 0.266. The maximum absolute atomic E-state index is 12.6. The second kappa shape index (κ2) is 11.5. The maximum Gasteiger partial charge on any atom is 0.222 e. The van der Waals surface area contributed by atoms with E-state index in [1.54, 1.807) is 19.5 Å². The Morgan fingerprint density at radius 1 is 0.939 bits per heavy atom. The molecule has 33 heavy (non-hydrogen) atoms. The molecule has 0 bridgehead atoms. The van der Waals surface area contributed by atoms with Gasteiger partial charge in [-0.05, 0) is 72.6 Å². The second-order valence-corrected chi connectivity index (χ2v) is 8.67. The molecule has 4 rings (SSSR count). The Bertz CT molecular complexity index is 996. The van der Waals surface area contributed by atoms with E-state index in [9.17, 15) is 4.79 Å². The summed E-state index contributed by atoms with van der Waals surface area (Å²) in [5, 5.41) is 0. The predicted octanol–water partition coefficient (Wildman–Crippen LogP) is 5.08. The van der Waals surface area contributed by atoms with Gasteiger partial charge in [-0.3, -0.25) is 9.78 Å². The molecular weight excluding hydrogens is 412 g/mol. The number of pyridine rings is 1. The molecule has 1 fully saturated rings. The molecule has 2 heterocycles. The van der Waals surface area contributed by atoms with Gasteiger partial charge in [0, 0.05) is 25.7 Å². The SMILES string of the molecule is COc1ccc(CCC(=O)N2CCC(Cc3ccc(COc4cccnc4)cc3)CC2)cc1. The summed E-state index contributed by atoms with van der Waals surface area (Å²) in [5.74, 6) is 2.53. The number of aryl methyl sites for hydroxylation is 1. The van der Waals surface area contributed by atoms with Crippen LogP contribution in [-0.4, -0.2) is 36.0 Å². The number of benzene rings is 2. The molecule has 1 aromatic heterocycles. The summed E-state index contributed by atoms with van der Waals surface area (Å²) in [5.41, 5.74) is 3.68. The number of amides is 1. The van der Waals surface area contributed by atoms with Gasteiger partial charge in [-0.15, -0.1) is 0 Å². The van der Waals surface area contributed by atoms with Gasteiger partial charge in [0.25, 0.3) is 0 Å². The van der Waals surface area contributed by atoms with Gasteiger partial charge in [0.1, 0.15) is 18.1 Å². The van der Waals surface area contributed by atoms with Crippen LogP contribution < -0.4 is 9.47 Å². The largest absolute Gasteiger partial charge is 0.497 e. The zero-order valence-electron chi connectivity index (χ0n) is 19.3. The van der Waals surface area contributed by atoms with Crippen LogP contribution in [0.2, 0.25) is 0 Å². The number of hydrogen-bond donors (Lipinski definition) is 0. The predicted molar refractivity (Wildman–Crippen MR) is 129 cm³/mol. The summed E-state index contributed by atoms with van der Waals surface area (Å²) in [6, 6.07) is 20.5. The number of hydrogen-bond acceptors (Lipinski definition) is 4. The average molecular weight is 445 g/mol. The Morgan fingerprint density at radius 2 is 1.64 bits per heavy atom. The van der Waals surface area contributed by atoms with Gasteiger partial charge in [0.2, 0.25) is 5.91 Å². The van der Waals surface area contributed by atoms with E-state index in [0.29, 0.717) is 18.9 Å². The van der Waals surface area contributed by atoms with Crippen molar-refractivity contribution in [3.8, 4) is 11.5 Å². The Kier molecular flexibility index (Phi) is 7.96. The van der Waals surface area contributed by atoms with E-state index in [-0.39, 0.29) is 5.91 Å². The Hall–Kier alpha value is -3.34. The number of nitrogens with zero attached hydrogens (tertiary/aromatic N) is 2. The molecule has 0 aliphatic carbocycles. The number of aromatic nitrogens is 1. The molecule has 0 radical (unpaired) electrons. The summed E-state index contributed by atoms with van der Waals surface area (Å²) in [6.07, 6.45) is 8.02. The van der Waals surface area contributed by atoms with Gasteiger partial charge in [-0.25, -0.2) is 0 Å². The molecule has 1 aliphatic rings. The molecule has 0 saturated carbocycles. The lowest BCUT2D eigenvalue weighted by Crippen LogP contribution is -2.39. The minimum Gasteiger partial charge on any atom is -0.497 e. The van der Waals surface area contributed by atoms with Crippen molar-refractivity contribution in [2.75, 3.05) is 20.2 Å². The van der Waals surface area contributed by atoms with Gasteiger partial charge in [0.05, 0.1) is 13.3 Å². The van der Waals surface area contributed by atoms with E-state index < -0.39 is 0 Å². The molecule has 172 valence electrons. The van der Waals surface area contributed by atoms with Crippen LogP contribution in [0.5, 0.6) is 11.5 Å². The first kappa shape index (κ1) is 22.8. The van der Waals surface area contributed by atoms with E-state index in [2.05, 4.69) is 29.2 Å². The average Bonchev–Trinajstić information content (AvgIpc) is 2.88. The molecule has 1 saturated heterocycles.